The van der Waals surface area contributed by atoms with Gasteiger partial charge in [0, 0.05) is 16.0 Å². The van der Waals surface area contributed by atoms with E-state index in [1.54, 1.807) is 24.3 Å². The van der Waals surface area contributed by atoms with E-state index >= 15 is 0 Å². The molecule has 1 aliphatic rings. The van der Waals surface area contributed by atoms with Gasteiger partial charge in [-0.25, -0.2) is 4.98 Å². The standard InChI is InChI=1S/C26H30N2O5S/c1-31-20-14-18(15-21(32-2)24(20)33-3)25(30)28-26-27-23(17-9-11-19(29)12-10-17)22(34-26)13-16-7-5-4-6-8-16/h9-12,14-16,29H,4-8,13H2,1-3H3,(H,27,28,30). The van der Waals surface area contributed by atoms with Crippen LogP contribution in [0, 0.1) is 5.92 Å². The maximum Gasteiger partial charge on any atom is 0.257 e. The number of hydrogen-bond donors (Lipinski definition) is 2. The Kier molecular flexibility index (Phi) is 7.57. The van der Waals surface area contributed by atoms with Crippen LogP contribution in [0.3, 0.4) is 0 Å². The first kappa shape index (κ1) is 23.9. The Morgan fingerprint density at radius 3 is 2.26 bits per heavy atom. The molecule has 8 heteroatoms. The Morgan fingerprint density at radius 1 is 1.03 bits per heavy atom. The lowest BCUT2D eigenvalue weighted by Gasteiger charge is -2.21. The normalized spacial score (nSPS) is 14.0. The number of aromatic hydroxyl groups is 1. The molecule has 1 saturated carbocycles. The van der Waals surface area contributed by atoms with Gasteiger partial charge in [-0.2, -0.15) is 0 Å². The highest BCUT2D eigenvalue weighted by molar-refractivity contribution is 7.16. The number of carbonyl (C=O) groups excluding carboxylic acids is 1. The molecule has 7 nitrogen and oxygen atoms in total. The molecule has 34 heavy (non-hydrogen) atoms. The van der Waals surface area contributed by atoms with E-state index in [1.807, 2.05) is 12.1 Å². The van der Waals surface area contributed by atoms with Crippen LogP contribution in [0.4, 0.5) is 5.13 Å². The van der Waals surface area contributed by atoms with Gasteiger partial charge < -0.3 is 19.3 Å². The first-order chi connectivity index (χ1) is 16.5. The zero-order valence-electron chi connectivity index (χ0n) is 19.7. The third kappa shape index (κ3) is 5.28. The molecule has 2 aromatic carbocycles. The number of nitrogens with one attached hydrogen (secondary N) is 1. The van der Waals surface area contributed by atoms with Crippen molar-refractivity contribution in [3.8, 4) is 34.3 Å². The highest BCUT2D eigenvalue weighted by Gasteiger charge is 2.22. The van der Waals surface area contributed by atoms with Crippen LogP contribution in [0.25, 0.3) is 11.3 Å². The smallest absolute Gasteiger partial charge is 0.257 e. The molecule has 1 fully saturated rings. The predicted octanol–water partition coefficient (Wildman–Crippen LogP) is 5.92. The molecule has 4 rings (SSSR count). The molecule has 0 aliphatic heterocycles. The summed E-state index contributed by atoms with van der Waals surface area (Å²) in [6.07, 6.45) is 7.22. The van der Waals surface area contributed by atoms with E-state index in [9.17, 15) is 9.90 Å². The number of phenolic OH excluding ortho intramolecular Hbond substituents is 1. The van der Waals surface area contributed by atoms with Gasteiger partial charge in [-0.05, 0) is 48.7 Å². The van der Waals surface area contributed by atoms with Gasteiger partial charge in [0.25, 0.3) is 5.91 Å². The maximum absolute atomic E-state index is 13.1. The van der Waals surface area contributed by atoms with Gasteiger partial charge in [0.1, 0.15) is 5.75 Å². The molecule has 0 bridgehead atoms. The van der Waals surface area contributed by atoms with Crippen molar-refractivity contribution in [1.82, 2.24) is 4.98 Å². The number of phenols is 1. The van der Waals surface area contributed by atoms with Crippen molar-refractivity contribution in [2.75, 3.05) is 26.6 Å². The summed E-state index contributed by atoms with van der Waals surface area (Å²) in [7, 11) is 4.55. The van der Waals surface area contributed by atoms with Gasteiger partial charge in [0.05, 0.1) is 27.0 Å². The molecule has 1 heterocycles. The largest absolute Gasteiger partial charge is 0.508 e. The second kappa shape index (κ2) is 10.8. The number of amides is 1. The van der Waals surface area contributed by atoms with Crippen LogP contribution in [-0.2, 0) is 6.42 Å². The molecule has 0 radical (unpaired) electrons. The van der Waals surface area contributed by atoms with Crippen molar-refractivity contribution in [2.24, 2.45) is 5.92 Å². The fourth-order valence-corrected chi connectivity index (χ4v) is 5.52. The van der Waals surface area contributed by atoms with Crippen LogP contribution in [0.1, 0.15) is 47.3 Å². The minimum Gasteiger partial charge on any atom is -0.508 e. The Morgan fingerprint density at radius 2 is 1.68 bits per heavy atom. The Labute approximate surface area is 203 Å². The zero-order valence-corrected chi connectivity index (χ0v) is 20.5. The van der Waals surface area contributed by atoms with E-state index in [-0.39, 0.29) is 11.7 Å². The van der Waals surface area contributed by atoms with Crippen molar-refractivity contribution in [3.63, 3.8) is 0 Å². The molecule has 1 amide bonds. The summed E-state index contributed by atoms with van der Waals surface area (Å²) >= 11 is 1.51. The van der Waals surface area contributed by atoms with E-state index in [0.29, 0.717) is 33.9 Å². The number of methoxy groups -OCH3 is 3. The Hall–Kier alpha value is -3.26. The first-order valence-corrected chi connectivity index (χ1v) is 12.2. The van der Waals surface area contributed by atoms with Gasteiger partial charge in [-0.15, -0.1) is 11.3 Å². The minimum absolute atomic E-state index is 0.212. The number of ether oxygens (including phenoxy) is 3. The topological polar surface area (TPSA) is 89.9 Å². The van der Waals surface area contributed by atoms with Crippen LogP contribution in [-0.4, -0.2) is 37.3 Å². The lowest BCUT2D eigenvalue weighted by molar-refractivity contribution is 0.102. The average Bonchev–Trinajstić information content (AvgIpc) is 3.25. The van der Waals surface area contributed by atoms with Crippen LogP contribution < -0.4 is 19.5 Å². The SMILES string of the molecule is COc1cc(C(=O)Nc2nc(-c3ccc(O)cc3)c(CC3CCCCC3)s2)cc(OC)c1OC. The summed E-state index contributed by atoms with van der Waals surface area (Å²) in [6.45, 7) is 0. The van der Waals surface area contributed by atoms with E-state index in [4.69, 9.17) is 19.2 Å². The summed E-state index contributed by atoms with van der Waals surface area (Å²) in [5, 5.41) is 13.2. The van der Waals surface area contributed by atoms with Crippen LogP contribution in [0.15, 0.2) is 36.4 Å². The molecule has 0 spiro atoms. The van der Waals surface area contributed by atoms with E-state index < -0.39 is 0 Å². The molecular weight excluding hydrogens is 452 g/mol. The van der Waals surface area contributed by atoms with E-state index in [0.717, 1.165) is 22.6 Å². The fourth-order valence-electron chi connectivity index (χ4n) is 4.42. The first-order valence-electron chi connectivity index (χ1n) is 11.4. The number of nitrogens with zero attached hydrogens (tertiary/aromatic N) is 1. The fraction of sp³-hybridized carbons (Fsp3) is 0.385. The number of benzene rings is 2. The number of carbonyl (C=O) groups is 1. The monoisotopic (exact) mass is 482 g/mol. The molecule has 0 atom stereocenters. The summed E-state index contributed by atoms with van der Waals surface area (Å²) in [4.78, 5) is 19.0. The van der Waals surface area contributed by atoms with E-state index in [1.165, 1.54) is 64.8 Å². The number of thiazole rings is 1. The third-order valence-corrected chi connectivity index (χ3v) is 7.18. The molecule has 0 saturated heterocycles. The molecule has 0 unspecified atom stereocenters. The quantitative estimate of drug-likeness (QED) is 0.414. The second-order valence-corrected chi connectivity index (χ2v) is 9.50. The number of aromatic nitrogens is 1. The molecule has 180 valence electrons. The number of hydrogen-bond acceptors (Lipinski definition) is 7. The van der Waals surface area contributed by atoms with Gasteiger partial charge in [-0.1, -0.05) is 32.1 Å². The van der Waals surface area contributed by atoms with Gasteiger partial charge in [0.2, 0.25) is 5.75 Å². The Balaban J connectivity index is 1.63. The van der Waals surface area contributed by atoms with Crippen LogP contribution in [0.2, 0.25) is 0 Å². The summed E-state index contributed by atoms with van der Waals surface area (Å²) in [5.41, 5.74) is 2.16. The molecule has 1 aromatic heterocycles. The summed E-state index contributed by atoms with van der Waals surface area (Å²) in [6, 6.07) is 10.3. The van der Waals surface area contributed by atoms with Crippen LogP contribution in [0.5, 0.6) is 23.0 Å². The minimum atomic E-state index is -0.311. The Bertz CT molecular complexity index is 1110. The number of rotatable bonds is 8. The predicted molar refractivity (Wildman–Crippen MR) is 134 cm³/mol. The van der Waals surface area contributed by atoms with Crippen LogP contribution >= 0.6 is 11.3 Å². The summed E-state index contributed by atoms with van der Waals surface area (Å²) in [5.74, 6) is 1.78. The molecule has 1 aliphatic carbocycles. The molecule has 3 aromatic rings. The van der Waals surface area contributed by atoms with Crippen molar-refractivity contribution in [1.29, 1.82) is 0 Å². The van der Waals surface area contributed by atoms with Crippen molar-refractivity contribution in [3.05, 3.63) is 46.8 Å². The molecular formula is C26H30N2O5S. The zero-order chi connectivity index (χ0) is 24.1. The van der Waals surface area contributed by atoms with Gasteiger partial charge >= 0.3 is 0 Å². The summed E-state index contributed by atoms with van der Waals surface area (Å²) < 4.78 is 16.1. The van der Waals surface area contributed by atoms with Gasteiger partial charge in [-0.3, -0.25) is 10.1 Å². The lowest BCUT2D eigenvalue weighted by Crippen LogP contribution is -2.12. The van der Waals surface area contributed by atoms with Gasteiger partial charge in [0.15, 0.2) is 16.6 Å². The van der Waals surface area contributed by atoms with Crippen molar-refractivity contribution < 1.29 is 24.1 Å². The highest BCUT2D eigenvalue weighted by Crippen LogP contribution is 2.39. The van der Waals surface area contributed by atoms with E-state index in [2.05, 4.69) is 5.32 Å². The maximum atomic E-state index is 13.1. The third-order valence-electron chi connectivity index (χ3n) is 6.18. The number of anilines is 1. The second-order valence-electron chi connectivity index (χ2n) is 8.41. The molecule has 2 N–H and O–H groups in total. The average molecular weight is 483 g/mol. The van der Waals surface area contributed by atoms with Crippen molar-refractivity contribution in [2.45, 2.75) is 38.5 Å². The lowest BCUT2D eigenvalue weighted by atomic mass is 9.86. The highest BCUT2D eigenvalue weighted by atomic mass is 32.1. The van der Waals surface area contributed by atoms with Crippen molar-refractivity contribution >= 4 is 22.4 Å².